The van der Waals surface area contributed by atoms with Crippen LogP contribution in [0.3, 0.4) is 0 Å². The fourth-order valence-corrected chi connectivity index (χ4v) is 2.17. The zero-order valence-corrected chi connectivity index (χ0v) is 11.7. The van der Waals surface area contributed by atoms with Crippen molar-refractivity contribution in [1.82, 2.24) is 15.0 Å². The van der Waals surface area contributed by atoms with Gasteiger partial charge in [-0.05, 0) is 18.2 Å². The van der Waals surface area contributed by atoms with Gasteiger partial charge in [-0.15, -0.1) is 0 Å². The molecule has 2 heterocycles. The molecule has 0 radical (unpaired) electrons. The molecule has 21 heavy (non-hydrogen) atoms. The Labute approximate surface area is 121 Å². The zero-order chi connectivity index (χ0) is 14.8. The number of rotatable bonds is 3. The van der Waals surface area contributed by atoms with Crippen molar-refractivity contribution in [2.75, 3.05) is 24.7 Å². The molecule has 1 aromatic carbocycles. The Morgan fingerprint density at radius 1 is 1.00 bits per heavy atom. The number of nitrogens with one attached hydrogen (secondary N) is 2. The summed E-state index contributed by atoms with van der Waals surface area (Å²) in [5.41, 5.74) is 3.19. The molecule has 106 valence electrons. The monoisotopic (exact) mass is 283 g/mol. The number of pyridine rings is 1. The van der Waals surface area contributed by atoms with Gasteiger partial charge in [-0.1, -0.05) is 6.07 Å². The first-order chi connectivity index (χ1) is 10.2. The fraction of sp³-hybridized carbons (Fsp3) is 0.133. The Balaban J connectivity index is 2.18. The van der Waals surface area contributed by atoms with E-state index >= 15 is 0 Å². The van der Waals surface area contributed by atoms with Crippen molar-refractivity contribution >= 4 is 22.5 Å². The average Bonchev–Trinajstić information content (AvgIpc) is 2.53. The first-order valence-electron chi connectivity index (χ1n) is 6.50. The molecule has 0 spiro atoms. The summed E-state index contributed by atoms with van der Waals surface area (Å²) >= 11 is 0. The number of hydrogen-bond donors (Lipinski definition) is 2. The molecule has 0 aliphatic rings. The highest BCUT2D eigenvalue weighted by Crippen LogP contribution is 2.27. The van der Waals surface area contributed by atoms with Crippen molar-refractivity contribution in [3.8, 4) is 11.3 Å². The van der Waals surface area contributed by atoms with Crippen LogP contribution in [0.5, 0.6) is 0 Å². The minimum absolute atomic E-state index is 0.318. The third kappa shape index (κ3) is 2.35. The summed E-state index contributed by atoms with van der Waals surface area (Å²) in [5, 5.41) is 5.79. The van der Waals surface area contributed by atoms with Gasteiger partial charge < -0.3 is 10.6 Å². The van der Waals surface area contributed by atoms with Gasteiger partial charge in [0.05, 0.1) is 16.9 Å². The normalized spacial score (nSPS) is 10.6. The van der Waals surface area contributed by atoms with Crippen molar-refractivity contribution in [3.63, 3.8) is 0 Å². The number of aromatic nitrogens is 3. The van der Waals surface area contributed by atoms with E-state index in [-0.39, 0.29) is 5.82 Å². The lowest BCUT2D eigenvalue weighted by molar-refractivity contribution is 0.632. The highest BCUT2D eigenvalue weighted by molar-refractivity contribution is 5.88. The van der Waals surface area contributed by atoms with Crippen LogP contribution in [0.4, 0.5) is 15.9 Å². The van der Waals surface area contributed by atoms with Crippen LogP contribution < -0.4 is 10.6 Å². The van der Waals surface area contributed by atoms with Gasteiger partial charge in [0.2, 0.25) is 0 Å². The van der Waals surface area contributed by atoms with Crippen LogP contribution in [0.15, 0.2) is 36.7 Å². The molecule has 0 bridgehead atoms. The molecule has 6 heteroatoms. The SMILES string of the molecule is CNc1ccc(-c2cc3nccnc3c(NC)n2)cc1F. The molecule has 3 aromatic rings. The lowest BCUT2D eigenvalue weighted by Gasteiger charge is -2.09. The number of hydrogen-bond acceptors (Lipinski definition) is 5. The van der Waals surface area contributed by atoms with Gasteiger partial charge in [0.1, 0.15) is 11.3 Å². The van der Waals surface area contributed by atoms with Crippen molar-refractivity contribution in [1.29, 1.82) is 0 Å². The van der Waals surface area contributed by atoms with Gasteiger partial charge in [-0.2, -0.15) is 0 Å². The summed E-state index contributed by atoms with van der Waals surface area (Å²) in [7, 11) is 3.45. The van der Waals surface area contributed by atoms with E-state index in [1.165, 1.54) is 6.07 Å². The maximum absolute atomic E-state index is 13.9. The van der Waals surface area contributed by atoms with Crippen molar-refractivity contribution in [2.24, 2.45) is 0 Å². The minimum atomic E-state index is -0.318. The Bertz CT molecular complexity index is 803. The Morgan fingerprint density at radius 2 is 1.81 bits per heavy atom. The summed E-state index contributed by atoms with van der Waals surface area (Å²) in [6, 6.07) is 6.76. The molecule has 5 nitrogen and oxygen atoms in total. The van der Waals surface area contributed by atoms with E-state index in [1.807, 2.05) is 6.07 Å². The van der Waals surface area contributed by atoms with E-state index in [4.69, 9.17) is 0 Å². The molecular weight excluding hydrogens is 269 g/mol. The van der Waals surface area contributed by atoms with E-state index in [0.717, 1.165) is 0 Å². The second-order valence-electron chi connectivity index (χ2n) is 4.47. The van der Waals surface area contributed by atoms with Crippen LogP contribution in [-0.2, 0) is 0 Å². The van der Waals surface area contributed by atoms with Crippen molar-refractivity contribution in [3.05, 3.63) is 42.5 Å². The molecule has 0 unspecified atom stereocenters. The summed E-state index contributed by atoms with van der Waals surface area (Å²) < 4.78 is 13.9. The molecule has 0 fully saturated rings. The number of halogens is 1. The standard InChI is InChI=1S/C15H14FN5/c1-17-11-4-3-9(7-10(11)16)12-8-13-14(15(18-2)21-12)20-6-5-19-13/h3-8,17H,1-2H3,(H,18,21). The van der Waals surface area contributed by atoms with Gasteiger partial charge >= 0.3 is 0 Å². The van der Waals surface area contributed by atoms with E-state index in [2.05, 4.69) is 25.6 Å². The number of nitrogens with zero attached hydrogens (tertiary/aromatic N) is 3. The minimum Gasteiger partial charge on any atom is -0.386 e. The molecule has 2 N–H and O–H groups in total. The Hall–Kier alpha value is -2.76. The molecular formula is C15H14FN5. The van der Waals surface area contributed by atoms with E-state index in [1.54, 1.807) is 38.6 Å². The summed E-state index contributed by atoms with van der Waals surface area (Å²) in [5.74, 6) is 0.302. The predicted molar refractivity (Wildman–Crippen MR) is 81.8 cm³/mol. The first-order valence-corrected chi connectivity index (χ1v) is 6.50. The third-order valence-electron chi connectivity index (χ3n) is 3.23. The lowest BCUT2D eigenvalue weighted by atomic mass is 10.1. The molecule has 0 aliphatic heterocycles. The molecule has 0 atom stereocenters. The van der Waals surface area contributed by atoms with Gasteiger partial charge in [0.15, 0.2) is 5.82 Å². The fourth-order valence-electron chi connectivity index (χ4n) is 2.17. The van der Waals surface area contributed by atoms with E-state index in [9.17, 15) is 4.39 Å². The Morgan fingerprint density at radius 3 is 2.52 bits per heavy atom. The van der Waals surface area contributed by atoms with Crippen LogP contribution in [-0.4, -0.2) is 29.0 Å². The van der Waals surface area contributed by atoms with Gasteiger partial charge in [-0.3, -0.25) is 4.98 Å². The second kappa shape index (κ2) is 5.32. The maximum atomic E-state index is 13.9. The summed E-state index contributed by atoms with van der Waals surface area (Å²) in [4.78, 5) is 13.0. The van der Waals surface area contributed by atoms with Crippen molar-refractivity contribution in [2.45, 2.75) is 0 Å². The maximum Gasteiger partial charge on any atom is 0.154 e. The second-order valence-corrected chi connectivity index (χ2v) is 4.47. The molecule has 0 amide bonds. The summed E-state index contributed by atoms with van der Waals surface area (Å²) in [6.07, 6.45) is 3.24. The first kappa shape index (κ1) is 13.2. The Kier molecular flexibility index (Phi) is 3.35. The largest absolute Gasteiger partial charge is 0.386 e. The quantitative estimate of drug-likeness (QED) is 0.774. The molecule has 2 aromatic heterocycles. The topological polar surface area (TPSA) is 62.7 Å². The van der Waals surface area contributed by atoms with Gasteiger partial charge in [0, 0.05) is 32.1 Å². The van der Waals surface area contributed by atoms with E-state index < -0.39 is 0 Å². The molecule has 3 rings (SSSR count). The predicted octanol–water partition coefficient (Wildman–Crippen LogP) is 2.91. The van der Waals surface area contributed by atoms with Gasteiger partial charge in [0.25, 0.3) is 0 Å². The molecule has 0 saturated carbocycles. The molecule has 0 saturated heterocycles. The summed E-state index contributed by atoms with van der Waals surface area (Å²) in [6.45, 7) is 0. The number of fused-ring (bicyclic) bond motifs is 1. The van der Waals surface area contributed by atoms with Crippen LogP contribution in [0, 0.1) is 5.82 Å². The van der Waals surface area contributed by atoms with Crippen LogP contribution in [0.25, 0.3) is 22.3 Å². The number of benzene rings is 1. The van der Waals surface area contributed by atoms with E-state index in [0.29, 0.717) is 33.8 Å². The van der Waals surface area contributed by atoms with Crippen LogP contribution >= 0.6 is 0 Å². The smallest absolute Gasteiger partial charge is 0.154 e. The van der Waals surface area contributed by atoms with Crippen LogP contribution in [0.2, 0.25) is 0 Å². The highest BCUT2D eigenvalue weighted by Gasteiger charge is 2.10. The third-order valence-corrected chi connectivity index (χ3v) is 3.23. The van der Waals surface area contributed by atoms with Crippen molar-refractivity contribution < 1.29 is 4.39 Å². The lowest BCUT2D eigenvalue weighted by Crippen LogP contribution is -1.99. The average molecular weight is 283 g/mol. The van der Waals surface area contributed by atoms with Crippen LogP contribution in [0.1, 0.15) is 0 Å². The number of anilines is 2. The molecule has 0 aliphatic carbocycles. The van der Waals surface area contributed by atoms with Gasteiger partial charge in [-0.25, -0.2) is 14.4 Å². The highest BCUT2D eigenvalue weighted by atomic mass is 19.1. The zero-order valence-electron chi connectivity index (χ0n) is 11.7.